The first-order chi connectivity index (χ1) is 11.2. The molecule has 2 aromatic heterocycles. The van der Waals surface area contributed by atoms with Gasteiger partial charge in [0.15, 0.2) is 0 Å². The summed E-state index contributed by atoms with van der Waals surface area (Å²) in [6.07, 6.45) is 3.21. The Hall–Kier alpha value is -1.78. The number of nitrogens with two attached hydrogens (primary N) is 1. The summed E-state index contributed by atoms with van der Waals surface area (Å²) in [5.41, 5.74) is 10.8. The minimum absolute atomic E-state index is 0.690. The highest BCUT2D eigenvalue weighted by Crippen LogP contribution is 2.36. The number of unbranched alkanes of at least 4 members (excludes halogenated alkanes) is 1. The van der Waals surface area contributed by atoms with Crippen LogP contribution in [0.25, 0.3) is 21.5 Å². The van der Waals surface area contributed by atoms with Crippen molar-refractivity contribution in [3.8, 4) is 16.3 Å². The van der Waals surface area contributed by atoms with E-state index in [1.807, 2.05) is 13.0 Å². The first-order valence-corrected chi connectivity index (χ1v) is 9.14. The van der Waals surface area contributed by atoms with Crippen molar-refractivity contribution < 1.29 is 4.74 Å². The van der Waals surface area contributed by atoms with Gasteiger partial charge in [0.05, 0.1) is 17.2 Å². The molecule has 0 aliphatic rings. The van der Waals surface area contributed by atoms with E-state index < -0.39 is 0 Å². The number of aromatic nitrogens is 1. The maximum atomic E-state index is 5.68. The van der Waals surface area contributed by atoms with Gasteiger partial charge >= 0.3 is 0 Å². The van der Waals surface area contributed by atoms with E-state index in [9.17, 15) is 0 Å². The van der Waals surface area contributed by atoms with Gasteiger partial charge in [-0.25, -0.2) is 0 Å². The number of nitrogens with one attached hydrogen (secondary N) is 1. The molecule has 0 fully saturated rings. The van der Waals surface area contributed by atoms with Gasteiger partial charge < -0.3 is 15.5 Å². The number of thiophene rings is 1. The Labute approximate surface area is 141 Å². The van der Waals surface area contributed by atoms with E-state index in [0.717, 1.165) is 31.6 Å². The highest BCUT2D eigenvalue weighted by Gasteiger charge is 2.15. The molecule has 0 saturated carbocycles. The quantitative estimate of drug-likeness (QED) is 0.607. The van der Waals surface area contributed by atoms with Gasteiger partial charge in [-0.2, -0.15) is 0 Å². The Balaban J connectivity index is 2.07. The Morgan fingerprint density at radius 1 is 1.22 bits per heavy atom. The zero-order valence-electron chi connectivity index (χ0n) is 13.8. The summed E-state index contributed by atoms with van der Waals surface area (Å²) in [5, 5.41) is 3.48. The van der Waals surface area contributed by atoms with Crippen molar-refractivity contribution in [3.05, 3.63) is 40.8 Å². The number of hydrogen-bond acceptors (Lipinski definition) is 3. The summed E-state index contributed by atoms with van der Waals surface area (Å²) < 4.78 is 5.68. The lowest BCUT2D eigenvalue weighted by molar-refractivity contribution is 0.340. The van der Waals surface area contributed by atoms with Crippen molar-refractivity contribution in [3.63, 3.8) is 0 Å². The molecule has 0 unspecified atom stereocenters. The molecule has 3 rings (SSSR count). The number of rotatable bonds is 7. The molecule has 0 bridgehead atoms. The molecular weight excluding hydrogens is 304 g/mol. The van der Waals surface area contributed by atoms with Crippen LogP contribution in [0.15, 0.2) is 29.6 Å². The molecule has 1 aromatic carbocycles. The minimum Gasteiger partial charge on any atom is -0.494 e. The second-order valence-corrected chi connectivity index (χ2v) is 6.76. The Bertz CT molecular complexity index is 788. The molecule has 23 heavy (non-hydrogen) atoms. The molecule has 122 valence electrons. The maximum absolute atomic E-state index is 5.68. The van der Waals surface area contributed by atoms with Crippen molar-refractivity contribution in [2.45, 2.75) is 33.1 Å². The second kappa shape index (κ2) is 7.20. The summed E-state index contributed by atoms with van der Waals surface area (Å²) in [4.78, 5) is 4.92. The lowest BCUT2D eigenvalue weighted by atomic mass is 10.0. The number of fused-ring (bicyclic) bond motifs is 1. The van der Waals surface area contributed by atoms with E-state index in [-0.39, 0.29) is 0 Å². The highest BCUT2D eigenvalue weighted by atomic mass is 32.1. The van der Waals surface area contributed by atoms with Crippen molar-refractivity contribution in [1.82, 2.24) is 4.98 Å². The molecule has 0 radical (unpaired) electrons. The van der Waals surface area contributed by atoms with Crippen LogP contribution in [0.1, 0.15) is 30.9 Å². The van der Waals surface area contributed by atoms with Gasteiger partial charge in [0.1, 0.15) is 5.75 Å². The summed E-state index contributed by atoms with van der Waals surface area (Å²) in [6, 6.07) is 8.58. The van der Waals surface area contributed by atoms with Crippen LogP contribution in [0.5, 0.6) is 5.75 Å². The predicted octanol–water partition coefficient (Wildman–Crippen LogP) is 4.88. The Kier molecular flexibility index (Phi) is 5.03. The molecule has 3 nitrogen and oxygen atoms in total. The molecule has 0 aliphatic heterocycles. The van der Waals surface area contributed by atoms with E-state index in [1.54, 1.807) is 11.3 Å². The zero-order valence-corrected chi connectivity index (χ0v) is 14.6. The monoisotopic (exact) mass is 328 g/mol. The number of aryl methyl sites for hydroxylation is 2. The number of hydrogen-bond donors (Lipinski definition) is 2. The minimum atomic E-state index is 0.690. The fourth-order valence-corrected chi connectivity index (χ4v) is 3.89. The normalized spacial score (nSPS) is 11.3. The fraction of sp³-hybridized carbons (Fsp3) is 0.368. The third-order valence-electron chi connectivity index (χ3n) is 4.05. The lowest BCUT2D eigenvalue weighted by Crippen LogP contribution is -1.99. The molecule has 0 atom stereocenters. The lowest BCUT2D eigenvalue weighted by Gasteiger charge is -2.05. The van der Waals surface area contributed by atoms with Crippen LogP contribution in [0, 0.1) is 6.92 Å². The number of aromatic amines is 1. The molecule has 0 aliphatic carbocycles. The molecule has 0 amide bonds. The number of benzene rings is 1. The van der Waals surface area contributed by atoms with E-state index in [4.69, 9.17) is 10.5 Å². The first kappa shape index (κ1) is 16.1. The first-order valence-electron chi connectivity index (χ1n) is 8.26. The number of ether oxygens (including phenoxy) is 1. The van der Waals surface area contributed by atoms with Crippen LogP contribution in [0.2, 0.25) is 0 Å². The topological polar surface area (TPSA) is 51.0 Å². The van der Waals surface area contributed by atoms with E-state index in [0.29, 0.717) is 6.61 Å². The predicted molar refractivity (Wildman–Crippen MR) is 99.5 cm³/mol. The van der Waals surface area contributed by atoms with Crippen LogP contribution in [0.3, 0.4) is 0 Å². The van der Waals surface area contributed by atoms with Gasteiger partial charge in [0.2, 0.25) is 0 Å². The molecule has 2 heterocycles. The van der Waals surface area contributed by atoms with Crippen molar-refractivity contribution in [1.29, 1.82) is 0 Å². The van der Waals surface area contributed by atoms with Crippen LogP contribution >= 0.6 is 11.3 Å². The van der Waals surface area contributed by atoms with Gasteiger partial charge in [-0.3, -0.25) is 0 Å². The summed E-state index contributed by atoms with van der Waals surface area (Å²) in [7, 11) is 0. The van der Waals surface area contributed by atoms with Gasteiger partial charge in [0.25, 0.3) is 0 Å². The standard InChI is InChI=1S/C19H24N2OS/c1-3-22-14-7-8-17-16(11-14)15(6-4-5-9-20)19(21-17)18-10-13(2)12-23-18/h7-8,10-12,21H,3-6,9,20H2,1-2H3. The fourth-order valence-electron chi connectivity index (χ4n) is 2.96. The Morgan fingerprint density at radius 2 is 2.09 bits per heavy atom. The molecule has 4 heteroatoms. The largest absolute Gasteiger partial charge is 0.494 e. The van der Waals surface area contributed by atoms with Crippen molar-refractivity contribution in [2.75, 3.05) is 13.2 Å². The van der Waals surface area contributed by atoms with Crippen molar-refractivity contribution in [2.24, 2.45) is 5.73 Å². The number of H-pyrrole nitrogens is 1. The summed E-state index contributed by atoms with van der Waals surface area (Å²) >= 11 is 1.80. The molecule has 0 saturated heterocycles. The maximum Gasteiger partial charge on any atom is 0.120 e. The molecule has 3 N–H and O–H groups in total. The van der Waals surface area contributed by atoms with Gasteiger partial charge in [0, 0.05) is 10.9 Å². The average Bonchev–Trinajstić information content (AvgIpc) is 3.12. The third-order valence-corrected chi connectivity index (χ3v) is 5.11. The zero-order chi connectivity index (χ0) is 16.2. The Morgan fingerprint density at radius 3 is 2.78 bits per heavy atom. The van der Waals surface area contributed by atoms with Crippen LogP contribution < -0.4 is 10.5 Å². The SMILES string of the molecule is CCOc1ccc2[nH]c(-c3cc(C)cs3)c(CCCCN)c2c1. The third kappa shape index (κ3) is 3.43. The van der Waals surface area contributed by atoms with E-state index >= 15 is 0 Å². The summed E-state index contributed by atoms with van der Waals surface area (Å²) in [6.45, 7) is 5.60. The van der Waals surface area contributed by atoms with Gasteiger partial charge in [-0.1, -0.05) is 0 Å². The van der Waals surface area contributed by atoms with Crippen molar-refractivity contribution >= 4 is 22.2 Å². The van der Waals surface area contributed by atoms with Crippen LogP contribution in [0.4, 0.5) is 0 Å². The highest BCUT2D eigenvalue weighted by molar-refractivity contribution is 7.13. The summed E-state index contributed by atoms with van der Waals surface area (Å²) in [5.74, 6) is 0.938. The second-order valence-electron chi connectivity index (χ2n) is 5.85. The smallest absolute Gasteiger partial charge is 0.120 e. The van der Waals surface area contributed by atoms with E-state index in [1.165, 1.54) is 32.6 Å². The molecular formula is C19H24N2OS. The molecule has 3 aromatic rings. The van der Waals surface area contributed by atoms with E-state index in [2.05, 4.69) is 35.5 Å². The van der Waals surface area contributed by atoms with Gasteiger partial charge in [-0.05, 0) is 80.4 Å². The van der Waals surface area contributed by atoms with Crippen LogP contribution in [-0.2, 0) is 6.42 Å². The van der Waals surface area contributed by atoms with Gasteiger partial charge in [-0.15, -0.1) is 11.3 Å². The molecule has 0 spiro atoms. The van der Waals surface area contributed by atoms with Crippen LogP contribution in [-0.4, -0.2) is 18.1 Å². The average molecular weight is 328 g/mol.